The number of rotatable bonds is 4. The lowest BCUT2D eigenvalue weighted by molar-refractivity contribution is 0.414. The highest BCUT2D eigenvalue weighted by Crippen LogP contribution is 2.18. The normalized spacial score (nSPS) is 10.6. The first kappa shape index (κ1) is 10.1. The summed E-state index contributed by atoms with van der Waals surface area (Å²) in [6, 6.07) is 14.9. The number of hydrogen-bond acceptors (Lipinski definition) is 2. The van der Waals surface area contributed by atoms with Crippen molar-refractivity contribution in [2.45, 2.75) is 0 Å². The van der Waals surface area contributed by atoms with Gasteiger partial charge in [0.1, 0.15) is 12.9 Å². The van der Waals surface area contributed by atoms with Gasteiger partial charge in [-0.3, -0.25) is 0 Å². The van der Waals surface area contributed by atoms with Crippen LogP contribution in [-0.4, -0.2) is 14.2 Å². The molecule has 0 aliphatic carbocycles. The van der Waals surface area contributed by atoms with Crippen molar-refractivity contribution >= 4 is 0 Å². The molecule has 0 aliphatic heterocycles. The van der Waals surface area contributed by atoms with Crippen LogP contribution in [0.4, 0.5) is 0 Å². The van der Waals surface area contributed by atoms with Crippen LogP contribution in [0, 0.1) is 6.40 Å². The van der Waals surface area contributed by atoms with Gasteiger partial charge in [0.2, 0.25) is 0 Å². The Morgan fingerprint density at radius 3 is 1.41 bits per heavy atom. The lowest BCUT2D eigenvalue weighted by atomic mass is 10.0. The molecule has 0 N–H and O–H groups in total. The molecule has 2 rings (SSSR count). The molecule has 0 atom stereocenters. The number of ether oxygens (including phenoxy) is 2. The summed E-state index contributed by atoms with van der Waals surface area (Å²) < 4.78 is 18.3. The SMILES string of the molecule is [2H][C+](c1ccc(OC)cc1)c1ccc(OC)cc1. The molecule has 0 aliphatic rings. The van der Waals surface area contributed by atoms with Crippen molar-refractivity contribution in [3.63, 3.8) is 0 Å². The molecule has 17 heavy (non-hydrogen) atoms. The van der Waals surface area contributed by atoms with Crippen LogP contribution in [-0.2, 0) is 0 Å². The number of benzene rings is 2. The van der Waals surface area contributed by atoms with E-state index in [1.54, 1.807) is 14.2 Å². The van der Waals surface area contributed by atoms with Gasteiger partial charge in [-0.15, -0.1) is 0 Å². The van der Waals surface area contributed by atoms with E-state index in [1.807, 2.05) is 48.5 Å². The third kappa shape index (κ3) is 2.94. The van der Waals surface area contributed by atoms with Crippen molar-refractivity contribution in [1.82, 2.24) is 0 Å². The Balaban J connectivity index is 2.20. The second-order valence-corrected chi connectivity index (χ2v) is 3.58. The van der Waals surface area contributed by atoms with Gasteiger partial charge >= 0.3 is 0 Å². The monoisotopic (exact) mass is 228 g/mol. The van der Waals surface area contributed by atoms with Crippen LogP contribution in [0.2, 0.25) is 0 Å². The molecule has 2 nitrogen and oxygen atoms in total. The van der Waals surface area contributed by atoms with Crippen molar-refractivity contribution in [2.75, 3.05) is 14.2 Å². The van der Waals surface area contributed by atoms with Crippen molar-refractivity contribution in [3.8, 4) is 11.5 Å². The summed E-state index contributed by atoms with van der Waals surface area (Å²) >= 11 is 0. The minimum Gasteiger partial charge on any atom is -0.495 e. The molecule has 86 valence electrons. The third-order valence-corrected chi connectivity index (χ3v) is 2.47. The smallest absolute Gasteiger partial charge is 0.134 e. The zero-order chi connectivity index (χ0) is 13.0. The lowest BCUT2D eigenvalue weighted by Gasteiger charge is -2.00. The first-order valence-corrected chi connectivity index (χ1v) is 5.37. The standard InChI is InChI=1S/C15H15O2/c1-16-14-7-3-12(4-8-14)11-13-5-9-15(17-2)10-6-13/h3-11H,1-2H3/q+1/i11D. The summed E-state index contributed by atoms with van der Waals surface area (Å²) in [5.74, 6) is 1.59. The van der Waals surface area contributed by atoms with Gasteiger partial charge in [0.25, 0.3) is 0 Å². The van der Waals surface area contributed by atoms with Crippen LogP contribution in [0.1, 0.15) is 12.5 Å². The summed E-state index contributed by atoms with van der Waals surface area (Å²) in [6.07, 6.45) is 0.486. The Kier molecular flexibility index (Phi) is 3.15. The minimum absolute atomic E-state index is 0.486. The molecule has 0 aromatic heterocycles. The summed E-state index contributed by atoms with van der Waals surface area (Å²) in [7, 11) is 3.26. The lowest BCUT2D eigenvalue weighted by Crippen LogP contribution is -1.87. The Morgan fingerprint density at radius 2 is 1.12 bits per heavy atom. The first-order chi connectivity index (χ1) is 8.74. The Morgan fingerprint density at radius 1 is 0.765 bits per heavy atom. The maximum absolute atomic E-state index is 8.14. The topological polar surface area (TPSA) is 18.5 Å². The summed E-state index contributed by atoms with van der Waals surface area (Å²) in [6.45, 7) is 0. The van der Waals surface area contributed by atoms with E-state index in [0.717, 1.165) is 22.6 Å². The van der Waals surface area contributed by atoms with Crippen molar-refractivity contribution in [3.05, 3.63) is 66.1 Å². The highest BCUT2D eigenvalue weighted by atomic mass is 16.5. The van der Waals surface area contributed by atoms with E-state index in [0.29, 0.717) is 6.40 Å². The summed E-state index contributed by atoms with van der Waals surface area (Å²) in [4.78, 5) is 0. The molecule has 2 aromatic rings. The molecule has 0 unspecified atom stereocenters. The Bertz CT molecular complexity index is 443. The van der Waals surface area contributed by atoms with Gasteiger partial charge in [-0.2, -0.15) is 0 Å². The van der Waals surface area contributed by atoms with E-state index in [4.69, 9.17) is 10.8 Å². The maximum Gasteiger partial charge on any atom is 0.134 e. The van der Waals surface area contributed by atoms with E-state index in [2.05, 4.69) is 0 Å². The molecule has 0 saturated carbocycles. The van der Waals surface area contributed by atoms with Gasteiger partial charge in [0, 0.05) is 54.9 Å². The zero-order valence-corrected chi connectivity index (χ0v) is 9.94. The molecule has 0 heterocycles. The van der Waals surface area contributed by atoms with Crippen molar-refractivity contribution < 1.29 is 10.8 Å². The summed E-state index contributed by atoms with van der Waals surface area (Å²) in [5, 5.41) is 0. The average Bonchev–Trinajstić information content (AvgIpc) is 2.47. The Labute approximate surface area is 103 Å². The van der Waals surface area contributed by atoms with E-state index >= 15 is 0 Å². The van der Waals surface area contributed by atoms with Gasteiger partial charge in [-0.1, -0.05) is 0 Å². The molecular weight excluding hydrogens is 212 g/mol. The van der Waals surface area contributed by atoms with Crippen LogP contribution in [0.3, 0.4) is 0 Å². The van der Waals surface area contributed by atoms with E-state index in [-0.39, 0.29) is 0 Å². The molecular formula is C15H15O2+. The molecule has 0 bridgehead atoms. The largest absolute Gasteiger partial charge is 0.495 e. The molecule has 0 fully saturated rings. The second kappa shape index (κ2) is 5.30. The first-order valence-electron chi connectivity index (χ1n) is 5.87. The highest BCUT2D eigenvalue weighted by molar-refractivity contribution is 5.41. The van der Waals surface area contributed by atoms with E-state index in [9.17, 15) is 0 Å². The number of methoxy groups -OCH3 is 2. The van der Waals surface area contributed by atoms with Gasteiger partial charge in [0.05, 0.1) is 25.3 Å². The number of hydrogen-bond donors (Lipinski definition) is 0. The molecule has 0 radical (unpaired) electrons. The van der Waals surface area contributed by atoms with Crippen LogP contribution < -0.4 is 9.47 Å². The van der Waals surface area contributed by atoms with Gasteiger partial charge in [0.15, 0.2) is 0 Å². The third-order valence-electron chi connectivity index (χ3n) is 2.47. The highest BCUT2D eigenvalue weighted by Gasteiger charge is 2.04. The summed E-state index contributed by atoms with van der Waals surface area (Å²) in [5.41, 5.74) is 1.72. The molecule has 0 spiro atoms. The van der Waals surface area contributed by atoms with E-state index in [1.165, 1.54) is 0 Å². The van der Waals surface area contributed by atoms with Gasteiger partial charge < -0.3 is 9.47 Å². The van der Waals surface area contributed by atoms with E-state index < -0.39 is 0 Å². The average molecular weight is 228 g/mol. The zero-order valence-electron chi connectivity index (χ0n) is 10.9. The van der Waals surface area contributed by atoms with Crippen molar-refractivity contribution in [1.29, 1.82) is 0 Å². The van der Waals surface area contributed by atoms with Crippen LogP contribution in [0.15, 0.2) is 48.5 Å². The Hall–Kier alpha value is -2.09. The van der Waals surface area contributed by atoms with Crippen molar-refractivity contribution in [2.24, 2.45) is 0 Å². The maximum atomic E-state index is 8.14. The molecule has 0 saturated heterocycles. The van der Waals surface area contributed by atoms with Crippen LogP contribution in [0.5, 0.6) is 11.5 Å². The fourth-order valence-electron chi connectivity index (χ4n) is 1.52. The predicted octanol–water partition coefficient (Wildman–Crippen LogP) is 3.30. The fourth-order valence-corrected chi connectivity index (χ4v) is 1.52. The quantitative estimate of drug-likeness (QED) is 0.747. The molecule has 0 amide bonds. The van der Waals surface area contributed by atoms with Crippen LogP contribution in [0.25, 0.3) is 0 Å². The van der Waals surface area contributed by atoms with Crippen LogP contribution >= 0.6 is 0 Å². The molecule has 2 aromatic carbocycles. The predicted molar refractivity (Wildman–Crippen MR) is 68.5 cm³/mol. The van der Waals surface area contributed by atoms with Gasteiger partial charge in [-0.25, -0.2) is 0 Å². The van der Waals surface area contributed by atoms with Gasteiger partial charge in [-0.05, 0) is 0 Å². The fraction of sp³-hybridized carbons (Fsp3) is 0.133. The molecule has 2 heteroatoms. The minimum atomic E-state index is 0.486. The second-order valence-electron chi connectivity index (χ2n) is 3.58.